The van der Waals surface area contributed by atoms with E-state index in [2.05, 4.69) is 29.6 Å². The molecule has 10 heteroatoms. The van der Waals surface area contributed by atoms with E-state index >= 15 is 0 Å². The van der Waals surface area contributed by atoms with Gasteiger partial charge in [-0.2, -0.15) is 5.26 Å². The Balaban J connectivity index is 1.75. The Labute approximate surface area is 223 Å². The Kier molecular flexibility index (Phi) is 9.07. The van der Waals surface area contributed by atoms with Gasteiger partial charge < -0.3 is 10.5 Å². The van der Waals surface area contributed by atoms with E-state index in [1.165, 1.54) is 6.20 Å². The van der Waals surface area contributed by atoms with Crippen LogP contribution < -0.4 is 15.2 Å². The van der Waals surface area contributed by atoms with Gasteiger partial charge in [0.2, 0.25) is 10.0 Å². The van der Waals surface area contributed by atoms with Crippen molar-refractivity contribution in [2.75, 3.05) is 18.7 Å². The summed E-state index contributed by atoms with van der Waals surface area (Å²) in [6.45, 7) is 4.39. The first-order chi connectivity index (χ1) is 17.0. The zero-order valence-electron chi connectivity index (χ0n) is 20.5. The van der Waals surface area contributed by atoms with Gasteiger partial charge in [0, 0.05) is 29.4 Å². The summed E-state index contributed by atoms with van der Waals surface area (Å²) >= 11 is 12.2. The first-order valence-corrected chi connectivity index (χ1v) is 14.2. The highest BCUT2D eigenvalue weighted by molar-refractivity contribution is 7.88. The number of nitriles is 1. The molecule has 0 saturated heterocycles. The molecular formula is C26H30Cl2N4O3S. The minimum absolute atomic E-state index is 0.0628. The summed E-state index contributed by atoms with van der Waals surface area (Å²) in [5, 5.41) is 9.99. The predicted molar refractivity (Wildman–Crippen MR) is 146 cm³/mol. The first kappa shape index (κ1) is 28.0. The summed E-state index contributed by atoms with van der Waals surface area (Å²) in [5.41, 5.74) is 9.38. The van der Waals surface area contributed by atoms with Crippen molar-refractivity contribution in [3.63, 3.8) is 0 Å². The van der Waals surface area contributed by atoms with Crippen LogP contribution in [0.25, 0.3) is 5.57 Å². The normalized spacial score (nSPS) is 18.6. The summed E-state index contributed by atoms with van der Waals surface area (Å²) < 4.78 is 30.8. The number of nitrogens with two attached hydrogens (primary N) is 1. The number of allylic oxidation sites excluding steroid dienone is 1. The zero-order chi connectivity index (χ0) is 26.5. The van der Waals surface area contributed by atoms with Gasteiger partial charge in [-0.05, 0) is 41.7 Å². The number of aliphatic imine (C=N–C) groups is 1. The van der Waals surface area contributed by atoms with E-state index in [1.54, 1.807) is 12.3 Å². The first-order valence-electron chi connectivity index (χ1n) is 11.4. The molecular weight excluding hydrogens is 519 g/mol. The Morgan fingerprint density at radius 2 is 1.94 bits per heavy atom. The van der Waals surface area contributed by atoms with E-state index in [-0.39, 0.29) is 18.7 Å². The highest BCUT2D eigenvalue weighted by Gasteiger charge is 2.30. The predicted octanol–water partition coefficient (Wildman–Crippen LogP) is 4.61. The van der Waals surface area contributed by atoms with Crippen molar-refractivity contribution in [1.82, 2.24) is 4.72 Å². The minimum atomic E-state index is -3.20. The molecule has 2 aromatic rings. The van der Waals surface area contributed by atoms with Gasteiger partial charge in [0.1, 0.15) is 12.7 Å². The van der Waals surface area contributed by atoms with Gasteiger partial charge >= 0.3 is 0 Å². The van der Waals surface area contributed by atoms with E-state index in [4.69, 9.17) is 33.7 Å². The minimum Gasteiger partial charge on any atom is -0.489 e. The third-order valence-corrected chi connectivity index (χ3v) is 7.44. The largest absolute Gasteiger partial charge is 0.489 e. The third-order valence-electron chi connectivity index (χ3n) is 6.25. The quantitative estimate of drug-likeness (QED) is 0.332. The second kappa shape index (κ2) is 11.7. The topological polar surface area (TPSA) is 118 Å². The molecule has 3 N–H and O–H groups in total. The number of ether oxygens (including phenoxy) is 1. The van der Waals surface area contributed by atoms with Crippen LogP contribution in [-0.4, -0.2) is 45.5 Å². The molecule has 0 bridgehead atoms. The van der Waals surface area contributed by atoms with Crippen LogP contribution in [0.2, 0.25) is 5.02 Å². The number of nitrogens with one attached hydrogen (secondary N) is 1. The number of nitrogens with zero attached hydrogens (tertiary/aromatic N) is 2. The summed E-state index contributed by atoms with van der Waals surface area (Å²) in [4.78, 5) is 4.56. The summed E-state index contributed by atoms with van der Waals surface area (Å²) in [5.74, 6) is 0.642. The molecule has 36 heavy (non-hydrogen) atoms. The van der Waals surface area contributed by atoms with E-state index in [9.17, 15) is 13.7 Å². The number of halogens is 2. The number of benzene rings is 2. The zero-order valence-corrected chi connectivity index (χ0v) is 22.8. The molecule has 1 saturated carbocycles. The maximum atomic E-state index is 11.3. The molecule has 7 nitrogen and oxygen atoms in total. The lowest BCUT2D eigenvalue weighted by Gasteiger charge is -2.32. The average Bonchev–Trinajstić information content (AvgIpc) is 2.80. The van der Waals surface area contributed by atoms with Crippen molar-refractivity contribution in [3.8, 4) is 11.8 Å². The molecule has 1 aliphatic carbocycles. The summed E-state index contributed by atoms with van der Waals surface area (Å²) in [6, 6.07) is 13.8. The third kappa shape index (κ3) is 6.80. The molecule has 1 aliphatic rings. The smallest absolute Gasteiger partial charge is 0.208 e. The number of hydrogen-bond acceptors (Lipinski definition) is 6. The average molecular weight is 550 g/mol. The molecule has 0 heterocycles. The fraction of sp³-hybridized carbons (Fsp3) is 0.385. The Hall–Kier alpha value is -2.57. The molecule has 0 aliphatic heterocycles. The maximum absolute atomic E-state index is 11.3. The maximum Gasteiger partial charge on any atom is 0.208 e. The van der Waals surface area contributed by atoms with Gasteiger partial charge in [-0.25, -0.2) is 13.1 Å². The summed E-state index contributed by atoms with van der Waals surface area (Å²) in [6.07, 6.45) is 5.73. The van der Waals surface area contributed by atoms with Crippen LogP contribution in [0.1, 0.15) is 48.9 Å². The van der Waals surface area contributed by atoms with E-state index < -0.39 is 15.4 Å². The molecule has 0 radical (unpaired) electrons. The van der Waals surface area contributed by atoms with Crippen LogP contribution in [0.5, 0.6) is 5.75 Å². The Bertz CT molecular complexity index is 1290. The van der Waals surface area contributed by atoms with Crippen molar-refractivity contribution < 1.29 is 13.2 Å². The van der Waals surface area contributed by atoms with Gasteiger partial charge in [-0.15, -0.1) is 11.6 Å². The van der Waals surface area contributed by atoms with Crippen LogP contribution in [0.15, 0.2) is 47.6 Å². The molecule has 0 amide bonds. The van der Waals surface area contributed by atoms with E-state index in [0.29, 0.717) is 35.1 Å². The summed E-state index contributed by atoms with van der Waals surface area (Å²) in [7, 11) is -3.20. The van der Waals surface area contributed by atoms with Crippen LogP contribution in [-0.2, 0) is 15.4 Å². The van der Waals surface area contributed by atoms with Gasteiger partial charge in [0.15, 0.2) is 5.75 Å². The van der Waals surface area contributed by atoms with Crippen LogP contribution in [0.3, 0.4) is 0 Å². The number of sulfonamides is 1. The lowest BCUT2D eigenvalue weighted by Crippen LogP contribution is -2.45. The fourth-order valence-corrected chi connectivity index (χ4v) is 5.23. The molecule has 192 valence electrons. The van der Waals surface area contributed by atoms with E-state index in [0.717, 1.165) is 28.5 Å². The molecule has 0 aromatic heterocycles. The standard InChI is InChI=1S/C26H30Cl2N4O3S/c1-26(2,21-10-18(14-29)25(24(28)11-21)35-9-8-27)20-6-4-17(5-7-20)19(15-30)16-31-22-12-23(13-22)32-36(3,33)34/h4-7,10-11,15-16,22-23,32H,8-9,12-13,30H2,1-3H3. The fourth-order valence-electron chi connectivity index (χ4n) is 4.08. The molecule has 0 spiro atoms. The molecule has 2 aromatic carbocycles. The van der Waals surface area contributed by atoms with Crippen molar-refractivity contribution >= 4 is 45.0 Å². The van der Waals surface area contributed by atoms with Gasteiger partial charge in [0.05, 0.1) is 28.8 Å². The highest BCUT2D eigenvalue weighted by Crippen LogP contribution is 2.38. The second-order valence-corrected chi connectivity index (χ2v) is 11.9. The van der Waals surface area contributed by atoms with Crippen molar-refractivity contribution in [2.24, 2.45) is 10.7 Å². The van der Waals surface area contributed by atoms with E-state index in [1.807, 2.05) is 30.3 Å². The SMILES string of the molecule is CC(C)(c1ccc(C(C=NC2CC(NS(C)(=O)=O)C2)=CN)cc1)c1cc(Cl)c(OCCCl)c(C#N)c1. The second-order valence-electron chi connectivity index (χ2n) is 9.30. The van der Waals surface area contributed by atoms with Crippen LogP contribution in [0, 0.1) is 11.3 Å². The van der Waals surface area contributed by atoms with Crippen molar-refractivity contribution in [3.05, 3.63) is 69.9 Å². The molecule has 0 atom stereocenters. The van der Waals surface area contributed by atoms with Crippen molar-refractivity contribution in [1.29, 1.82) is 5.26 Å². The van der Waals surface area contributed by atoms with Gasteiger partial charge in [-0.1, -0.05) is 49.7 Å². The van der Waals surface area contributed by atoms with Crippen LogP contribution in [0.4, 0.5) is 0 Å². The molecule has 0 unspecified atom stereocenters. The number of alkyl halides is 1. The molecule has 1 fully saturated rings. The number of rotatable bonds is 10. The monoisotopic (exact) mass is 548 g/mol. The van der Waals surface area contributed by atoms with Crippen LogP contribution >= 0.6 is 23.2 Å². The highest BCUT2D eigenvalue weighted by atomic mass is 35.5. The van der Waals surface area contributed by atoms with Gasteiger partial charge in [-0.3, -0.25) is 4.99 Å². The molecule has 3 rings (SSSR count). The lowest BCUT2D eigenvalue weighted by molar-refractivity contribution is 0.330. The van der Waals surface area contributed by atoms with Crippen molar-refractivity contribution in [2.45, 2.75) is 44.2 Å². The van der Waals surface area contributed by atoms with Gasteiger partial charge in [0.25, 0.3) is 0 Å². The Morgan fingerprint density at radius 3 is 2.50 bits per heavy atom. The number of hydrogen-bond donors (Lipinski definition) is 2. The lowest BCUT2D eigenvalue weighted by atomic mass is 9.77. The Morgan fingerprint density at radius 1 is 1.28 bits per heavy atom.